The first-order valence-corrected chi connectivity index (χ1v) is 16.6. The Labute approximate surface area is 250 Å². The predicted molar refractivity (Wildman–Crippen MR) is 164 cm³/mol. The highest BCUT2D eigenvalue weighted by Crippen LogP contribution is 2.26. The average Bonchev–Trinajstić information content (AvgIpc) is 2.97. The van der Waals surface area contributed by atoms with E-state index in [0.29, 0.717) is 32.3 Å². The number of benzene rings is 2. The summed E-state index contributed by atoms with van der Waals surface area (Å²) in [6.07, 6.45) is 8.67. The van der Waals surface area contributed by atoms with Crippen LogP contribution in [-0.2, 0) is 35.6 Å². The third-order valence-corrected chi connectivity index (χ3v) is 8.19. The predicted octanol–water partition coefficient (Wildman–Crippen LogP) is 4.87. The summed E-state index contributed by atoms with van der Waals surface area (Å²) in [5, 5.41) is 0. The van der Waals surface area contributed by atoms with E-state index in [1.807, 2.05) is 86.7 Å². The maximum Gasteiger partial charge on any atom is 0.247 e. The molecule has 3 atom stereocenters. The Morgan fingerprint density at radius 3 is 2.33 bits per heavy atom. The molecule has 9 nitrogen and oxygen atoms in total. The van der Waals surface area contributed by atoms with E-state index < -0.39 is 40.0 Å². The fraction of sp³-hybridized carbons (Fsp3) is 0.500. The molecule has 2 amide bonds. The summed E-state index contributed by atoms with van der Waals surface area (Å²) in [6.45, 7) is 4.61. The molecule has 0 aliphatic carbocycles. The van der Waals surface area contributed by atoms with Gasteiger partial charge in [-0.25, -0.2) is 18.7 Å². The molecule has 2 aromatic carbocycles. The molecule has 3 rings (SSSR count). The van der Waals surface area contributed by atoms with E-state index in [9.17, 15) is 18.0 Å². The second-order valence-corrected chi connectivity index (χ2v) is 13.1. The van der Waals surface area contributed by atoms with Crippen molar-refractivity contribution in [3.8, 4) is 0 Å². The van der Waals surface area contributed by atoms with Crippen molar-refractivity contribution in [3.63, 3.8) is 0 Å². The Kier molecular flexibility index (Phi) is 13.7. The van der Waals surface area contributed by atoms with Crippen LogP contribution < -0.4 is 10.9 Å². The molecule has 10 heteroatoms. The molecule has 0 spiro atoms. The zero-order chi connectivity index (χ0) is 30.4. The molecule has 42 heavy (non-hydrogen) atoms. The average molecular weight is 600 g/mol. The summed E-state index contributed by atoms with van der Waals surface area (Å²) in [6, 6.07) is 19.4. The SMILES string of the molecule is CC(C)C[C@@H](C(=O)NN(CCCc1ccccc1)S(C)(=O)=O)[C@H](C/C=C/c1ccccc1)C(=O)NOC1CCCCO1. The molecule has 1 unspecified atom stereocenters. The molecular formula is C32H45N3O6S. The van der Waals surface area contributed by atoms with Gasteiger partial charge in [0.15, 0.2) is 6.29 Å². The Bertz CT molecular complexity index is 1230. The number of hydroxylamine groups is 1. The van der Waals surface area contributed by atoms with Crippen molar-refractivity contribution >= 4 is 27.9 Å². The van der Waals surface area contributed by atoms with Crippen molar-refractivity contribution in [2.45, 2.75) is 65.1 Å². The van der Waals surface area contributed by atoms with Gasteiger partial charge in [0.25, 0.3) is 0 Å². The number of allylic oxidation sites excluding steroid dienone is 1. The number of nitrogens with zero attached hydrogens (tertiary/aromatic N) is 1. The molecule has 2 aromatic rings. The number of sulfonamides is 1. The fourth-order valence-electron chi connectivity index (χ4n) is 4.92. The van der Waals surface area contributed by atoms with Crippen molar-refractivity contribution < 1.29 is 27.6 Å². The Morgan fingerprint density at radius 1 is 1.02 bits per heavy atom. The number of hydrogen-bond donors (Lipinski definition) is 2. The third kappa shape index (κ3) is 11.7. The molecule has 1 aliphatic rings. The quantitative estimate of drug-likeness (QED) is 0.266. The van der Waals surface area contributed by atoms with Crippen molar-refractivity contribution in [2.24, 2.45) is 17.8 Å². The molecule has 0 aromatic heterocycles. The lowest BCUT2D eigenvalue weighted by Crippen LogP contribution is -2.51. The second kappa shape index (κ2) is 17.2. The molecule has 1 saturated heterocycles. The van der Waals surface area contributed by atoms with E-state index in [1.54, 1.807) is 0 Å². The van der Waals surface area contributed by atoms with E-state index >= 15 is 0 Å². The number of ether oxygens (including phenoxy) is 1. The van der Waals surface area contributed by atoms with Crippen molar-refractivity contribution in [1.82, 2.24) is 15.3 Å². The molecular weight excluding hydrogens is 554 g/mol. The van der Waals surface area contributed by atoms with Gasteiger partial charge in [0, 0.05) is 19.6 Å². The largest absolute Gasteiger partial charge is 0.350 e. The van der Waals surface area contributed by atoms with E-state index in [-0.39, 0.29) is 18.9 Å². The van der Waals surface area contributed by atoms with Gasteiger partial charge >= 0.3 is 0 Å². The highest BCUT2D eigenvalue weighted by molar-refractivity contribution is 7.88. The maximum atomic E-state index is 13.8. The summed E-state index contributed by atoms with van der Waals surface area (Å²) < 4.78 is 31.9. The highest BCUT2D eigenvalue weighted by Gasteiger charge is 2.36. The van der Waals surface area contributed by atoms with Crippen molar-refractivity contribution in [3.05, 3.63) is 77.9 Å². The monoisotopic (exact) mass is 599 g/mol. The van der Waals surface area contributed by atoms with Crippen LogP contribution in [0.25, 0.3) is 6.08 Å². The van der Waals surface area contributed by atoms with Crippen LogP contribution in [0, 0.1) is 17.8 Å². The van der Waals surface area contributed by atoms with Crippen molar-refractivity contribution in [1.29, 1.82) is 0 Å². The lowest BCUT2D eigenvalue weighted by molar-refractivity contribution is -0.203. The smallest absolute Gasteiger partial charge is 0.247 e. The topological polar surface area (TPSA) is 114 Å². The Hall–Kier alpha value is -3.05. The number of carbonyl (C=O) groups excluding carboxylic acids is 2. The summed E-state index contributed by atoms with van der Waals surface area (Å²) in [4.78, 5) is 32.9. The van der Waals surface area contributed by atoms with Gasteiger partial charge < -0.3 is 4.74 Å². The van der Waals surface area contributed by atoms with Crippen LogP contribution in [0.4, 0.5) is 0 Å². The van der Waals surface area contributed by atoms with Gasteiger partial charge in [-0.3, -0.25) is 15.0 Å². The van der Waals surface area contributed by atoms with Crippen LogP contribution in [0.15, 0.2) is 66.7 Å². The standard InChI is InChI=1S/C32H45N3O6S/c1-25(2)24-29(31(36)33-35(42(3,38)39)22-13-19-27-16-8-5-9-17-27)28(20-12-18-26-14-6-4-7-15-26)32(37)34-41-30-21-10-11-23-40-30/h4-9,12,14-18,25,28-30H,10-11,13,19-24H2,1-3H3,(H,33,36)(H,34,37)/b18-12+/t28-,29+,30?/m0/s1. The number of hydrazine groups is 1. The highest BCUT2D eigenvalue weighted by atomic mass is 32.2. The first kappa shape index (κ1) is 33.5. The van der Waals surface area contributed by atoms with Gasteiger partial charge in [-0.15, -0.1) is 4.41 Å². The maximum absolute atomic E-state index is 13.8. The van der Waals surface area contributed by atoms with Crippen LogP contribution in [-0.4, -0.2) is 50.3 Å². The Balaban J connectivity index is 1.77. The normalized spacial score (nSPS) is 17.3. The summed E-state index contributed by atoms with van der Waals surface area (Å²) in [5.74, 6) is -2.50. The minimum atomic E-state index is -3.75. The van der Waals surface area contributed by atoms with Crippen LogP contribution in [0.2, 0.25) is 0 Å². The molecule has 230 valence electrons. The zero-order valence-electron chi connectivity index (χ0n) is 24.9. The van der Waals surface area contributed by atoms with Crippen LogP contribution in [0.3, 0.4) is 0 Å². The summed E-state index contributed by atoms with van der Waals surface area (Å²) in [7, 11) is -3.75. The van der Waals surface area contributed by atoms with Gasteiger partial charge in [0.05, 0.1) is 18.1 Å². The van der Waals surface area contributed by atoms with Gasteiger partial charge in [0.1, 0.15) is 0 Å². The van der Waals surface area contributed by atoms with E-state index in [1.165, 1.54) is 0 Å². The second-order valence-electron chi connectivity index (χ2n) is 11.2. The van der Waals surface area contributed by atoms with E-state index in [2.05, 4.69) is 10.9 Å². The number of hydrogen-bond acceptors (Lipinski definition) is 6. The number of nitrogens with one attached hydrogen (secondary N) is 2. The van der Waals surface area contributed by atoms with Crippen molar-refractivity contribution in [2.75, 3.05) is 19.4 Å². The lowest BCUT2D eigenvalue weighted by atomic mass is 9.82. The van der Waals surface area contributed by atoms with Crippen LogP contribution >= 0.6 is 0 Å². The molecule has 2 N–H and O–H groups in total. The van der Waals surface area contributed by atoms with E-state index in [0.717, 1.165) is 34.6 Å². The molecule has 0 radical (unpaired) electrons. The summed E-state index contributed by atoms with van der Waals surface area (Å²) >= 11 is 0. The molecule has 0 bridgehead atoms. The zero-order valence-corrected chi connectivity index (χ0v) is 25.7. The number of aryl methyl sites for hydroxylation is 1. The van der Waals surface area contributed by atoms with Gasteiger partial charge in [-0.05, 0) is 55.6 Å². The minimum Gasteiger partial charge on any atom is -0.350 e. The molecule has 0 saturated carbocycles. The van der Waals surface area contributed by atoms with Gasteiger partial charge in [0.2, 0.25) is 21.8 Å². The van der Waals surface area contributed by atoms with Crippen LogP contribution in [0.5, 0.6) is 0 Å². The molecule has 1 heterocycles. The Morgan fingerprint density at radius 2 is 1.71 bits per heavy atom. The fourth-order valence-corrected chi connectivity index (χ4v) is 5.63. The number of carbonyl (C=O) groups is 2. The lowest BCUT2D eigenvalue weighted by Gasteiger charge is -2.30. The van der Waals surface area contributed by atoms with Gasteiger partial charge in [-0.1, -0.05) is 86.7 Å². The number of rotatable bonds is 16. The van der Waals surface area contributed by atoms with E-state index in [4.69, 9.17) is 9.57 Å². The third-order valence-electron chi connectivity index (χ3n) is 7.12. The van der Waals surface area contributed by atoms with Gasteiger partial charge in [-0.2, -0.15) is 0 Å². The first-order chi connectivity index (χ1) is 20.1. The molecule has 1 aliphatic heterocycles. The molecule has 1 fully saturated rings. The first-order valence-electron chi connectivity index (χ1n) is 14.7. The van der Waals surface area contributed by atoms with Crippen LogP contribution in [0.1, 0.15) is 63.5 Å². The number of amides is 2. The summed E-state index contributed by atoms with van der Waals surface area (Å²) in [5.41, 5.74) is 7.22. The minimum absolute atomic E-state index is 0.0708.